The SMILES string of the molecule is NC(=O)CN(C(=O)c1ccccc1O)C1CCNC1. The lowest BCUT2D eigenvalue weighted by molar-refractivity contribution is -0.119. The van der Waals surface area contributed by atoms with Crippen molar-refractivity contribution in [2.24, 2.45) is 5.73 Å². The number of carbonyl (C=O) groups is 2. The largest absolute Gasteiger partial charge is 0.507 e. The Balaban J connectivity index is 2.24. The van der Waals surface area contributed by atoms with Gasteiger partial charge < -0.3 is 21.1 Å². The summed E-state index contributed by atoms with van der Waals surface area (Å²) in [5.41, 5.74) is 5.39. The number of primary amides is 1. The van der Waals surface area contributed by atoms with E-state index in [0.717, 1.165) is 13.0 Å². The summed E-state index contributed by atoms with van der Waals surface area (Å²) in [6.45, 7) is 1.29. The Hall–Kier alpha value is -2.08. The zero-order chi connectivity index (χ0) is 13.8. The molecule has 4 N–H and O–H groups in total. The quantitative estimate of drug-likeness (QED) is 0.694. The number of amides is 2. The van der Waals surface area contributed by atoms with Crippen molar-refractivity contribution in [2.45, 2.75) is 12.5 Å². The minimum atomic E-state index is -0.560. The molecule has 19 heavy (non-hydrogen) atoms. The number of aromatic hydroxyl groups is 1. The van der Waals surface area contributed by atoms with E-state index in [2.05, 4.69) is 5.32 Å². The minimum absolute atomic E-state index is 0.0698. The van der Waals surface area contributed by atoms with Gasteiger partial charge in [-0.05, 0) is 25.1 Å². The molecule has 0 spiro atoms. The van der Waals surface area contributed by atoms with Gasteiger partial charge in [0.15, 0.2) is 0 Å². The maximum atomic E-state index is 12.4. The van der Waals surface area contributed by atoms with Crippen molar-refractivity contribution in [1.82, 2.24) is 10.2 Å². The molecule has 1 aliphatic heterocycles. The van der Waals surface area contributed by atoms with Gasteiger partial charge in [0.05, 0.1) is 12.1 Å². The lowest BCUT2D eigenvalue weighted by atomic mass is 10.1. The molecule has 2 amide bonds. The summed E-state index contributed by atoms with van der Waals surface area (Å²) < 4.78 is 0. The highest BCUT2D eigenvalue weighted by molar-refractivity contribution is 5.98. The van der Waals surface area contributed by atoms with Crippen LogP contribution in [0, 0.1) is 0 Å². The van der Waals surface area contributed by atoms with Gasteiger partial charge in [-0.3, -0.25) is 9.59 Å². The van der Waals surface area contributed by atoms with Crippen LogP contribution < -0.4 is 11.1 Å². The molecule has 6 heteroatoms. The van der Waals surface area contributed by atoms with Crippen molar-refractivity contribution in [3.63, 3.8) is 0 Å². The molecule has 0 radical (unpaired) electrons. The summed E-state index contributed by atoms with van der Waals surface area (Å²) in [6, 6.07) is 6.22. The number of hydrogen-bond acceptors (Lipinski definition) is 4. The van der Waals surface area contributed by atoms with E-state index in [-0.39, 0.29) is 29.8 Å². The Kier molecular flexibility index (Phi) is 4.01. The second kappa shape index (κ2) is 5.71. The molecular formula is C13H17N3O3. The van der Waals surface area contributed by atoms with E-state index in [4.69, 9.17) is 5.73 Å². The predicted molar refractivity (Wildman–Crippen MR) is 69.6 cm³/mol. The van der Waals surface area contributed by atoms with E-state index < -0.39 is 5.91 Å². The Labute approximate surface area is 111 Å². The Bertz CT molecular complexity index is 484. The van der Waals surface area contributed by atoms with E-state index in [1.165, 1.54) is 17.0 Å². The maximum Gasteiger partial charge on any atom is 0.258 e. The number of phenolic OH excluding ortho intramolecular Hbond substituents is 1. The zero-order valence-corrected chi connectivity index (χ0v) is 10.5. The topological polar surface area (TPSA) is 95.7 Å². The molecule has 1 aliphatic rings. The first-order valence-electron chi connectivity index (χ1n) is 6.17. The zero-order valence-electron chi connectivity index (χ0n) is 10.5. The molecule has 102 valence electrons. The Morgan fingerprint density at radius 2 is 2.16 bits per heavy atom. The molecule has 1 unspecified atom stereocenters. The highest BCUT2D eigenvalue weighted by Gasteiger charge is 2.29. The monoisotopic (exact) mass is 263 g/mol. The summed E-state index contributed by atoms with van der Waals surface area (Å²) in [4.78, 5) is 25.0. The van der Waals surface area contributed by atoms with Crippen LogP contribution in [0.3, 0.4) is 0 Å². The van der Waals surface area contributed by atoms with E-state index >= 15 is 0 Å². The fourth-order valence-electron chi connectivity index (χ4n) is 2.25. The third-order valence-corrected chi connectivity index (χ3v) is 3.20. The number of benzene rings is 1. The predicted octanol–water partition coefficient (Wildman–Crippen LogP) is -0.318. The number of nitrogens with two attached hydrogens (primary N) is 1. The van der Waals surface area contributed by atoms with E-state index in [0.29, 0.717) is 6.54 Å². The smallest absolute Gasteiger partial charge is 0.258 e. The van der Waals surface area contributed by atoms with Crippen LogP contribution in [0.15, 0.2) is 24.3 Å². The van der Waals surface area contributed by atoms with Gasteiger partial charge in [0, 0.05) is 12.6 Å². The maximum absolute atomic E-state index is 12.4. The van der Waals surface area contributed by atoms with Gasteiger partial charge in [0.1, 0.15) is 5.75 Å². The van der Waals surface area contributed by atoms with Crippen molar-refractivity contribution in [3.8, 4) is 5.75 Å². The molecule has 1 heterocycles. The van der Waals surface area contributed by atoms with Crippen LogP contribution in [0.4, 0.5) is 0 Å². The van der Waals surface area contributed by atoms with E-state index in [9.17, 15) is 14.7 Å². The molecule has 2 rings (SSSR count). The van der Waals surface area contributed by atoms with Gasteiger partial charge in [-0.2, -0.15) is 0 Å². The molecule has 6 nitrogen and oxygen atoms in total. The number of rotatable bonds is 4. The molecule has 1 aromatic carbocycles. The number of nitrogens with zero attached hydrogens (tertiary/aromatic N) is 1. The molecule has 1 atom stereocenters. The van der Waals surface area contributed by atoms with E-state index in [1.807, 2.05) is 0 Å². The van der Waals surface area contributed by atoms with Crippen LogP contribution in [0.25, 0.3) is 0 Å². The van der Waals surface area contributed by atoms with Crippen molar-refractivity contribution in [3.05, 3.63) is 29.8 Å². The summed E-state index contributed by atoms with van der Waals surface area (Å²) in [5, 5.41) is 12.9. The van der Waals surface area contributed by atoms with Crippen molar-refractivity contribution >= 4 is 11.8 Å². The minimum Gasteiger partial charge on any atom is -0.507 e. The van der Waals surface area contributed by atoms with E-state index in [1.54, 1.807) is 12.1 Å². The van der Waals surface area contributed by atoms with Gasteiger partial charge in [0.25, 0.3) is 5.91 Å². The van der Waals surface area contributed by atoms with Crippen LogP contribution in [-0.2, 0) is 4.79 Å². The highest BCUT2D eigenvalue weighted by Crippen LogP contribution is 2.20. The van der Waals surface area contributed by atoms with Gasteiger partial charge >= 0.3 is 0 Å². The average Bonchev–Trinajstić information content (AvgIpc) is 2.89. The van der Waals surface area contributed by atoms with Crippen LogP contribution in [0.5, 0.6) is 5.75 Å². The molecule has 0 aromatic heterocycles. The first-order chi connectivity index (χ1) is 9.09. The number of carbonyl (C=O) groups excluding carboxylic acids is 2. The molecule has 1 fully saturated rings. The van der Waals surface area contributed by atoms with Crippen LogP contribution >= 0.6 is 0 Å². The second-order valence-electron chi connectivity index (χ2n) is 4.56. The molecule has 1 aromatic rings. The average molecular weight is 263 g/mol. The van der Waals surface area contributed by atoms with Crippen molar-refractivity contribution < 1.29 is 14.7 Å². The number of phenols is 1. The fourth-order valence-corrected chi connectivity index (χ4v) is 2.25. The molecule has 1 saturated heterocycles. The molecule has 0 bridgehead atoms. The van der Waals surface area contributed by atoms with Crippen molar-refractivity contribution in [2.75, 3.05) is 19.6 Å². The Morgan fingerprint density at radius 1 is 1.42 bits per heavy atom. The first kappa shape index (κ1) is 13.4. The van der Waals surface area contributed by atoms with Gasteiger partial charge in [0.2, 0.25) is 5.91 Å². The lowest BCUT2D eigenvalue weighted by Crippen LogP contribution is -2.46. The van der Waals surface area contributed by atoms with Gasteiger partial charge in [-0.15, -0.1) is 0 Å². The summed E-state index contributed by atoms with van der Waals surface area (Å²) in [5.74, 6) is -1.02. The molecule has 0 aliphatic carbocycles. The lowest BCUT2D eigenvalue weighted by Gasteiger charge is -2.27. The van der Waals surface area contributed by atoms with Crippen LogP contribution in [0.1, 0.15) is 16.8 Å². The molecule has 0 saturated carbocycles. The van der Waals surface area contributed by atoms with Crippen LogP contribution in [-0.4, -0.2) is 47.5 Å². The highest BCUT2D eigenvalue weighted by atomic mass is 16.3. The number of hydrogen-bond donors (Lipinski definition) is 3. The third-order valence-electron chi connectivity index (χ3n) is 3.20. The van der Waals surface area contributed by atoms with Crippen molar-refractivity contribution in [1.29, 1.82) is 0 Å². The first-order valence-corrected chi connectivity index (χ1v) is 6.17. The molecular weight excluding hydrogens is 246 g/mol. The number of para-hydroxylation sites is 1. The van der Waals surface area contributed by atoms with Crippen LogP contribution in [0.2, 0.25) is 0 Å². The van der Waals surface area contributed by atoms with Gasteiger partial charge in [-0.25, -0.2) is 0 Å². The summed E-state index contributed by atoms with van der Waals surface area (Å²) >= 11 is 0. The normalized spacial score (nSPS) is 18.2. The number of nitrogens with one attached hydrogen (secondary N) is 1. The fraction of sp³-hybridized carbons (Fsp3) is 0.385. The Morgan fingerprint density at radius 3 is 2.74 bits per heavy atom. The van der Waals surface area contributed by atoms with Gasteiger partial charge in [-0.1, -0.05) is 12.1 Å². The third kappa shape index (κ3) is 3.03. The second-order valence-corrected chi connectivity index (χ2v) is 4.56. The summed E-state index contributed by atoms with van der Waals surface area (Å²) in [6.07, 6.45) is 0.770. The standard InChI is InChI=1S/C13H17N3O3/c14-12(18)8-16(9-5-6-15-7-9)13(19)10-3-1-2-4-11(10)17/h1-4,9,15,17H,5-8H2,(H2,14,18). The summed E-state index contributed by atoms with van der Waals surface area (Å²) in [7, 11) is 0.